The Bertz CT molecular complexity index is 1140. The van der Waals surface area contributed by atoms with Gasteiger partial charge in [0.15, 0.2) is 11.4 Å². The van der Waals surface area contributed by atoms with Crippen molar-refractivity contribution in [2.75, 3.05) is 18.0 Å². The van der Waals surface area contributed by atoms with Gasteiger partial charge in [0, 0.05) is 18.5 Å². The van der Waals surface area contributed by atoms with Gasteiger partial charge in [-0.05, 0) is 37.1 Å². The second-order valence-corrected chi connectivity index (χ2v) is 7.31. The maximum Gasteiger partial charge on any atom is 0.289 e. The fraction of sp³-hybridized carbons (Fsp3) is 0.318. The van der Waals surface area contributed by atoms with E-state index in [0.717, 1.165) is 36.9 Å². The van der Waals surface area contributed by atoms with Crippen LogP contribution >= 0.6 is 0 Å². The minimum atomic E-state index is -0.329. The van der Waals surface area contributed by atoms with E-state index < -0.39 is 0 Å². The largest absolute Gasteiger partial charge is 0.467 e. The molecule has 1 aliphatic rings. The monoisotopic (exact) mass is 390 g/mol. The van der Waals surface area contributed by atoms with Gasteiger partial charge >= 0.3 is 0 Å². The number of nitrogens with one attached hydrogen (secondary N) is 1. The smallest absolute Gasteiger partial charge is 0.289 e. The zero-order valence-electron chi connectivity index (χ0n) is 16.1. The Morgan fingerprint density at radius 3 is 2.66 bits per heavy atom. The van der Waals surface area contributed by atoms with Crippen molar-refractivity contribution < 1.29 is 13.6 Å². The van der Waals surface area contributed by atoms with Crippen molar-refractivity contribution in [1.29, 1.82) is 0 Å². The number of nitrogens with zero attached hydrogens (tertiary/aromatic N) is 3. The van der Waals surface area contributed by atoms with Gasteiger partial charge in [0.1, 0.15) is 16.9 Å². The molecule has 3 aromatic heterocycles. The number of amides is 1. The van der Waals surface area contributed by atoms with Gasteiger partial charge in [0.2, 0.25) is 5.82 Å². The van der Waals surface area contributed by atoms with E-state index >= 15 is 0 Å². The first-order valence-corrected chi connectivity index (χ1v) is 10.0. The number of furan rings is 2. The van der Waals surface area contributed by atoms with Crippen LogP contribution in [0, 0.1) is 0 Å². The second kappa shape index (κ2) is 7.58. The molecule has 4 heterocycles. The molecule has 1 fully saturated rings. The van der Waals surface area contributed by atoms with E-state index in [4.69, 9.17) is 8.83 Å². The summed E-state index contributed by atoms with van der Waals surface area (Å²) in [7, 11) is 0. The van der Waals surface area contributed by atoms with E-state index in [1.807, 2.05) is 30.3 Å². The van der Waals surface area contributed by atoms with E-state index in [2.05, 4.69) is 20.2 Å². The third kappa shape index (κ3) is 3.44. The number of aromatic nitrogens is 2. The van der Waals surface area contributed by atoms with Gasteiger partial charge in [0.25, 0.3) is 5.91 Å². The van der Waals surface area contributed by atoms with E-state index in [1.54, 1.807) is 12.3 Å². The standard InChI is InChI=1S/C22H22N4O3/c27-22(23-14-15-8-7-13-28-15)20-24-18-16-9-3-4-10-17(16)29-19(18)21(25-20)26-11-5-1-2-6-12-26/h3-4,7-10,13H,1-2,5-6,11-12,14H2,(H,23,27). The summed E-state index contributed by atoms with van der Waals surface area (Å²) in [6.45, 7) is 2.09. The molecule has 1 aromatic carbocycles. The fourth-order valence-electron chi connectivity index (χ4n) is 3.83. The molecule has 4 aromatic rings. The highest BCUT2D eigenvalue weighted by Gasteiger charge is 2.23. The minimum absolute atomic E-state index is 0.148. The molecular formula is C22H22N4O3. The third-order valence-electron chi connectivity index (χ3n) is 5.31. The molecule has 0 saturated carbocycles. The molecule has 1 N–H and O–H groups in total. The number of carbonyl (C=O) groups excluding carboxylic acids is 1. The number of para-hydroxylation sites is 1. The molecule has 0 bridgehead atoms. The lowest BCUT2D eigenvalue weighted by molar-refractivity contribution is 0.0938. The van der Waals surface area contributed by atoms with E-state index in [-0.39, 0.29) is 11.7 Å². The number of anilines is 1. The molecule has 1 aliphatic heterocycles. The molecule has 7 heteroatoms. The molecule has 5 rings (SSSR count). The Morgan fingerprint density at radius 1 is 1.03 bits per heavy atom. The predicted molar refractivity (Wildman–Crippen MR) is 110 cm³/mol. The number of hydrogen-bond acceptors (Lipinski definition) is 6. The van der Waals surface area contributed by atoms with Gasteiger partial charge in [0.05, 0.1) is 12.8 Å². The van der Waals surface area contributed by atoms with Crippen molar-refractivity contribution in [3.8, 4) is 0 Å². The molecule has 1 amide bonds. The second-order valence-electron chi connectivity index (χ2n) is 7.31. The summed E-state index contributed by atoms with van der Waals surface area (Å²) >= 11 is 0. The zero-order valence-corrected chi connectivity index (χ0v) is 16.1. The van der Waals surface area contributed by atoms with Gasteiger partial charge in [-0.1, -0.05) is 25.0 Å². The fourth-order valence-corrected chi connectivity index (χ4v) is 3.83. The summed E-state index contributed by atoms with van der Waals surface area (Å²) in [6.07, 6.45) is 6.21. The first kappa shape index (κ1) is 17.7. The summed E-state index contributed by atoms with van der Waals surface area (Å²) in [5.74, 6) is 1.21. The molecule has 0 spiro atoms. The van der Waals surface area contributed by atoms with Crippen LogP contribution < -0.4 is 10.2 Å². The van der Waals surface area contributed by atoms with Crippen LogP contribution in [0.25, 0.3) is 22.1 Å². The van der Waals surface area contributed by atoms with Crippen LogP contribution in [0.3, 0.4) is 0 Å². The lowest BCUT2D eigenvalue weighted by Crippen LogP contribution is -2.28. The van der Waals surface area contributed by atoms with Crippen LogP contribution in [-0.4, -0.2) is 29.0 Å². The SMILES string of the molecule is O=C(NCc1ccco1)c1nc(N2CCCCCC2)c2oc3ccccc3c2n1. The summed E-state index contributed by atoms with van der Waals surface area (Å²) in [5.41, 5.74) is 2.08. The molecular weight excluding hydrogens is 368 g/mol. The molecule has 29 heavy (non-hydrogen) atoms. The van der Waals surface area contributed by atoms with Gasteiger partial charge in [-0.15, -0.1) is 0 Å². The van der Waals surface area contributed by atoms with E-state index in [9.17, 15) is 4.79 Å². The summed E-state index contributed by atoms with van der Waals surface area (Å²) in [4.78, 5) is 24.3. The Labute approximate surface area is 167 Å². The lowest BCUT2D eigenvalue weighted by atomic mass is 10.2. The summed E-state index contributed by atoms with van der Waals surface area (Å²) in [6, 6.07) is 11.4. The van der Waals surface area contributed by atoms with Crippen molar-refractivity contribution in [1.82, 2.24) is 15.3 Å². The molecule has 7 nitrogen and oxygen atoms in total. The molecule has 0 unspecified atom stereocenters. The van der Waals surface area contributed by atoms with E-state index in [0.29, 0.717) is 29.2 Å². The summed E-state index contributed by atoms with van der Waals surface area (Å²) < 4.78 is 11.4. The minimum Gasteiger partial charge on any atom is -0.467 e. The Hall–Kier alpha value is -3.35. The van der Waals surface area contributed by atoms with Crippen molar-refractivity contribution in [3.05, 3.63) is 54.2 Å². The van der Waals surface area contributed by atoms with Crippen LogP contribution in [0.1, 0.15) is 42.1 Å². The number of rotatable bonds is 4. The molecule has 148 valence electrons. The average molecular weight is 390 g/mol. The van der Waals surface area contributed by atoms with Crippen molar-refractivity contribution in [2.24, 2.45) is 0 Å². The third-order valence-corrected chi connectivity index (χ3v) is 5.31. The normalized spacial score (nSPS) is 15.0. The maximum atomic E-state index is 12.8. The van der Waals surface area contributed by atoms with Crippen molar-refractivity contribution >= 4 is 33.8 Å². The van der Waals surface area contributed by atoms with Crippen LogP contribution in [0.2, 0.25) is 0 Å². The number of hydrogen-bond donors (Lipinski definition) is 1. The average Bonchev–Trinajstić information content (AvgIpc) is 3.31. The topological polar surface area (TPSA) is 84.4 Å². The first-order valence-electron chi connectivity index (χ1n) is 10.0. The van der Waals surface area contributed by atoms with Gasteiger partial charge < -0.3 is 19.1 Å². The molecule has 1 saturated heterocycles. The molecule has 0 radical (unpaired) electrons. The van der Waals surface area contributed by atoms with Crippen molar-refractivity contribution in [2.45, 2.75) is 32.2 Å². The van der Waals surface area contributed by atoms with E-state index in [1.165, 1.54) is 12.8 Å². The zero-order chi connectivity index (χ0) is 19.6. The van der Waals surface area contributed by atoms with Gasteiger partial charge in [-0.25, -0.2) is 9.97 Å². The highest BCUT2D eigenvalue weighted by atomic mass is 16.3. The number of fused-ring (bicyclic) bond motifs is 3. The predicted octanol–water partition coefficient (Wildman–Crippen LogP) is 4.28. The molecule has 0 aliphatic carbocycles. The van der Waals surface area contributed by atoms with Gasteiger partial charge in [-0.2, -0.15) is 0 Å². The van der Waals surface area contributed by atoms with Crippen molar-refractivity contribution in [3.63, 3.8) is 0 Å². The number of carbonyl (C=O) groups is 1. The Kier molecular flexibility index (Phi) is 4.63. The highest BCUT2D eigenvalue weighted by Crippen LogP contribution is 2.33. The Balaban J connectivity index is 1.58. The van der Waals surface area contributed by atoms with Crippen LogP contribution in [0.4, 0.5) is 5.82 Å². The van der Waals surface area contributed by atoms with Crippen LogP contribution in [-0.2, 0) is 6.54 Å². The van der Waals surface area contributed by atoms with Gasteiger partial charge in [-0.3, -0.25) is 4.79 Å². The lowest BCUT2D eigenvalue weighted by Gasteiger charge is -2.21. The summed E-state index contributed by atoms with van der Waals surface area (Å²) in [5, 5.41) is 3.73. The molecule has 0 atom stereocenters. The van der Waals surface area contributed by atoms with Crippen LogP contribution in [0.15, 0.2) is 51.5 Å². The Morgan fingerprint density at radius 2 is 1.86 bits per heavy atom. The first-order chi connectivity index (χ1) is 14.3. The highest BCUT2D eigenvalue weighted by molar-refractivity contribution is 6.07. The quantitative estimate of drug-likeness (QED) is 0.560. The maximum absolute atomic E-state index is 12.8. The van der Waals surface area contributed by atoms with Crippen LogP contribution in [0.5, 0.6) is 0 Å². The number of benzene rings is 1.